The molecule has 0 saturated carbocycles. The summed E-state index contributed by atoms with van der Waals surface area (Å²) in [5.41, 5.74) is 4.76. The summed E-state index contributed by atoms with van der Waals surface area (Å²) >= 11 is 1.86. The fraction of sp³-hybridized carbons (Fsp3) is 0.387. The number of hydrogen-bond acceptors (Lipinski definition) is 5. The molecule has 3 heterocycles. The SMILES string of the molecule is CCc1cccc(NC(=O)N2CCN(c3nc(Cc4ccccc4)nc4sc5c(c34)CCC(C)C5)CC2)c1. The standard InChI is InChI=1S/C31H35N5OS/c1-3-22-10-7-11-24(19-22)32-31(37)36-16-14-35(15-17-36)29-28-25-13-12-21(2)18-26(25)38-30(28)34-27(33-29)20-23-8-5-4-6-9-23/h4-11,19,21H,3,12-18,20H2,1-2H3,(H,32,37). The summed E-state index contributed by atoms with van der Waals surface area (Å²) in [5.74, 6) is 2.65. The second-order valence-electron chi connectivity index (χ2n) is 10.6. The van der Waals surface area contributed by atoms with Crippen LogP contribution in [-0.2, 0) is 25.7 Å². The van der Waals surface area contributed by atoms with E-state index in [0.29, 0.717) is 13.1 Å². The van der Waals surface area contributed by atoms with E-state index in [-0.39, 0.29) is 6.03 Å². The lowest BCUT2D eigenvalue weighted by molar-refractivity contribution is 0.208. The number of hydrogen-bond donors (Lipinski definition) is 1. The predicted octanol–water partition coefficient (Wildman–Crippen LogP) is 6.32. The number of piperazine rings is 1. The van der Waals surface area contributed by atoms with Gasteiger partial charge in [-0.25, -0.2) is 14.8 Å². The van der Waals surface area contributed by atoms with Crippen molar-refractivity contribution >= 4 is 39.1 Å². The molecule has 2 aromatic heterocycles. The van der Waals surface area contributed by atoms with Crippen LogP contribution in [0.4, 0.5) is 16.3 Å². The van der Waals surface area contributed by atoms with Crippen molar-refractivity contribution in [1.29, 1.82) is 0 Å². The van der Waals surface area contributed by atoms with Gasteiger partial charge in [0.1, 0.15) is 16.5 Å². The average molecular weight is 526 g/mol. The van der Waals surface area contributed by atoms with Crippen LogP contribution in [0.15, 0.2) is 54.6 Å². The summed E-state index contributed by atoms with van der Waals surface area (Å²) in [5, 5.41) is 4.35. The molecule has 4 aromatic rings. The van der Waals surface area contributed by atoms with Crippen LogP contribution in [0, 0.1) is 5.92 Å². The van der Waals surface area contributed by atoms with Crippen LogP contribution in [0.3, 0.4) is 0 Å². The highest BCUT2D eigenvalue weighted by Gasteiger charge is 2.28. The van der Waals surface area contributed by atoms with E-state index in [9.17, 15) is 4.79 Å². The van der Waals surface area contributed by atoms with Gasteiger partial charge >= 0.3 is 6.03 Å². The van der Waals surface area contributed by atoms with Gasteiger partial charge in [-0.2, -0.15) is 0 Å². The summed E-state index contributed by atoms with van der Waals surface area (Å²) < 4.78 is 0. The average Bonchev–Trinajstić information content (AvgIpc) is 3.30. The highest BCUT2D eigenvalue weighted by Crippen LogP contribution is 2.41. The molecule has 1 atom stereocenters. The Morgan fingerprint density at radius 1 is 1.03 bits per heavy atom. The number of nitrogens with zero attached hydrogens (tertiary/aromatic N) is 4. The van der Waals surface area contributed by atoms with E-state index in [2.05, 4.69) is 60.5 Å². The third-order valence-electron chi connectivity index (χ3n) is 7.84. The monoisotopic (exact) mass is 525 g/mol. The van der Waals surface area contributed by atoms with Crippen molar-refractivity contribution in [2.45, 2.75) is 46.0 Å². The predicted molar refractivity (Wildman–Crippen MR) is 156 cm³/mol. The Hall–Kier alpha value is -3.45. The number of rotatable bonds is 5. The number of fused-ring (bicyclic) bond motifs is 3. The van der Waals surface area contributed by atoms with Crippen molar-refractivity contribution in [3.05, 3.63) is 82.0 Å². The van der Waals surface area contributed by atoms with Gasteiger partial charge in [-0.15, -0.1) is 11.3 Å². The Morgan fingerprint density at radius 3 is 2.61 bits per heavy atom. The number of anilines is 2. The first-order chi connectivity index (χ1) is 18.6. The first-order valence-corrected chi connectivity index (χ1v) is 14.6. The lowest BCUT2D eigenvalue weighted by Crippen LogP contribution is -2.50. The number of aromatic nitrogens is 2. The molecule has 0 spiro atoms. The molecule has 1 N–H and O–H groups in total. The fourth-order valence-electron chi connectivity index (χ4n) is 5.65. The van der Waals surface area contributed by atoms with Gasteiger partial charge in [0.2, 0.25) is 0 Å². The molecule has 7 heteroatoms. The van der Waals surface area contributed by atoms with Crippen molar-refractivity contribution in [2.75, 3.05) is 36.4 Å². The minimum atomic E-state index is -0.0302. The maximum atomic E-state index is 13.0. The van der Waals surface area contributed by atoms with Gasteiger partial charge in [-0.05, 0) is 60.4 Å². The number of carbonyl (C=O) groups is 1. The molecule has 1 fully saturated rings. The van der Waals surface area contributed by atoms with Gasteiger partial charge in [0.05, 0.1) is 5.39 Å². The van der Waals surface area contributed by atoms with E-state index in [0.717, 1.165) is 66.9 Å². The van der Waals surface area contributed by atoms with Gasteiger partial charge in [0, 0.05) is 43.2 Å². The molecule has 1 aliphatic heterocycles. The summed E-state index contributed by atoms with van der Waals surface area (Å²) in [4.78, 5) is 30.2. The highest BCUT2D eigenvalue weighted by molar-refractivity contribution is 7.19. The summed E-state index contributed by atoms with van der Waals surface area (Å²) in [6.45, 7) is 7.34. The fourth-order valence-corrected chi connectivity index (χ4v) is 7.04. The number of nitrogens with one attached hydrogen (secondary N) is 1. The summed E-state index contributed by atoms with van der Waals surface area (Å²) in [6.07, 6.45) is 5.13. The number of amides is 2. The zero-order chi connectivity index (χ0) is 26.1. The van der Waals surface area contributed by atoms with Crippen molar-refractivity contribution in [2.24, 2.45) is 5.92 Å². The quantitative estimate of drug-likeness (QED) is 0.331. The number of aryl methyl sites for hydroxylation is 2. The van der Waals surface area contributed by atoms with Crippen molar-refractivity contribution in [3.8, 4) is 0 Å². The molecule has 2 aliphatic rings. The Bertz CT molecular complexity index is 1440. The van der Waals surface area contributed by atoms with E-state index in [1.165, 1.54) is 33.4 Å². The van der Waals surface area contributed by atoms with Crippen LogP contribution in [0.1, 0.15) is 47.7 Å². The smallest absolute Gasteiger partial charge is 0.321 e. The maximum absolute atomic E-state index is 13.0. The molecule has 2 aromatic carbocycles. The zero-order valence-corrected chi connectivity index (χ0v) is 23.1. The second-order valence-corrected chi connectivity index (χ2v) is 11.7. The third kappa shape index (κ3) is 5.12. The van der Waals surface area contributed by atoms with E-state index in [4.69, 9.17) is 9.97 Å². The van der Waals surface area contributed by atoms with E-state index < -0.39 is 0 Å². The van der Waals surface area contributed by atoms with Crippen LogP contribution in [-0.4, -0.2) is 47.1 Å². The first-order valence-electron chi connectivity index (χ1n) is 13.8. The third-order valence-corrected chi connectivity index (χ3v) is 8.99. The van der Waals surface area contributed by atoms with Crippen LogP contribution < -0.4 is 10.2 Å². The molecule has 6 nitrogen and oxygen atoms in total. The molecule has 2 amide bonds. The topological polar surface area (TPSA) is 61.4 Å². The van der Waals surface area contributed by atoms with Gasteiger partial charge in [-0.1, -0.05) is 56.3 Å². The molecular weight excluding hydrogens is 490 g/mol. The van der Waals surface area contributed by atoms with E-state index >= 15 is 0 Å². The van der Waals surface area contributed by atoms with Crippen LogP contribution in [0.2, 0.25) is 0 Å². The molecule has 38 heavy (non-hydrogen) atoms. The summed E-state index contributed by atoms with van der Waals surface area (Å²) in [6, 6.07) is 18.5. The molecule has 0 bridgehead atoms. The van der Waals surface area contributed by atoms with Gasteiger partial charge in [0.15, 0.2) is 0 Å². The molecule has 6 rings (SSSR count). The maximum Gasteiger partial charge on any atom is 0.321 e. The van der Waals surface area contributed by atoms with E-state index in [1.54, 1.807) is 0 Å². The van der Waals surface area contributed by atoms with Gasteiger partial charge in [0.25, 0.3) is 0 Å². The number of thiophene rings is 1. The molecule has 196 valence electrons. The minimum absolute atomic E-state index is 0.0302. The molecule has 1 aliphatic carbocycles. The Kier molecular flexibility index (Phi) is 7.02. The molecule has 0 radical (unpaired) electrons. The van der Waals surface area contributed by atoms with Crippen molar-refractivity contribution in [3.63, 3.8) is 0 Å². The highest BCUT2D eigenvalue weighted by atomic mass is 32.1. The first kappa shape index (κ1) is 24.9. The number of urea groups is 1. The van der Waals surface area contributed by atoms with E-state index in [1.807, 2.05) is 34.4 Å². The van der Waals surface area contributed by atoms with Crippen LogP contribution in [0.25, 0.3) is 10.2 Å². The normalized spacial score (nSPS) is 17.5. The lowest BCUT2D eigenvalue weighted by Gasteiger charge is -2.36. The number of carbonyl (C=O) groups excluding carboxylic acids is 1. The molecule has 1 saturated heterocycles. The molecule has 1 unspecified atom stereocenters. The Labute approximate surface area is 228 Å². The Balaban J connectivity index is 1.25. The van der Waals surface area contributed by atoms with Crippen molar-refractivity contribution in [1.82, 2.24) is 14.9 Å². The van der Waals surface area contributed by atoms with Gasteiger partial charge in [-0.3, -0.25) is 0 Å². The Morgan fingerprint density at radius 2 is 1.82 bits per heavy atom. The zero-order valence-electron chi connectivity index (χ0n) is 22.2. The van der Waals surface area contributed by atoms with Crippen molar-refractivity contribution < 1.29 is 4.79 Å². The van der Waals surface area contributed by atoms with Crippen LogP contribution in [0.5, 0.6) is 0 Å². The summed E-state index contributed by atoms with van der Waals surface area (Å²) in [7, 11) is 0. The van der Waals surface area contributed by atoms with Gasteiger partial charge < -0.3 is 15.1 Å². The number of benzene rings is 2. The van der Waals surface area contributed by atoms with Crippen LogP contribution >= 0.6 is 11.3 Å². The largest absolute Gasteiger partial charge is 0.352 e. The second kappa shape index (κ2) is 10.7. The molecular formula is C31H35N5OS. The minimum Gasteiger partial charge on any atom is -0.352 e. The lowest BCUT2D eigenvalue weighted by atomic mass is 9.89.